The van der Waals surface area contributed by atoms with Gasteiger partial charge in [-0.2, -0.15) is 0 Å². The molecule has 0 bridgehead atoms. The van der Waals surface area contributed by atoms with E-state index < -0.39 is 0 Å². The zero-order chi connectivity index (χ0) is 11.8. The molecule has 0 amide bonds. The number of hydrogen-bond acceptors (Lipinski definition) is 4. The van der Waals surface area contributed by atoms with Crippen molar-refractivity contribution in [3.05, 3.63) is 11.1 Å². The molecule has 1 heterocycles. The summed E-state index contributed by atoms with van der Waals surface area (Å²) in [5.74, 6) is 0. The van der Waals surface area contributed by atoms with Crippen LogP contribution in [-0.2, 0) is 6.54 Å². The topological polar surface area (TPSA) is 42.2 Å². The van der Waals surface area contributed by atoms with Gasteiger partial charge in [-0.3, -0.25) is 0 Å². The molecule has 16 heavy (non-hydrogen) atoms. The largest absolute Gasteiger partial charge is 0.348 e. The highest BCUT2D eigenvalue weighted by molar-refractivity contribution is 7.15. The summed E-state index contributed by atoms with van der Waals surface area (Å²) in [7, 11) is 0. The molecule has 0 aliphatic heterocycles. The summed E-state index contributed by atoms with van der Waals surface area (Å²) >= 11 is 1.73. The quantitative estimate of drug-likeness (QED) is 0.760. The Morgan fingerprint density at radius 2 is 1.88 bits per heavy atom. The van der Waals surface area contributed by atoms with E-state index in [1.165, 1.54) is 30.6 Å². The first kappa shape index (κ1) is 13.5. The van der Waals surface area contributed by atoms with Crippen LogP contribution in [0.1, 0.15) is 44.4 Å². The molecule has 1 rings (SSSR count). The first-order valence-corrected chi connectivity index (χ1v) is 7.03. The molecule has 92 valence electrons. The standard InChI is InChI=1S/C12H23N3S/c1-3-5-7-15(8-6-4-2)12-14-10-11(9-13)16-12/h10H,3-9,13H2,1-2H3. The number of rotatable bonds is 8. The van der Waals surface area contributed by atoms with Crippen LogP contribution in [0, 0.1) is 0 Å². The van der Waals surface area contributed by atoms with Crippen molar-refractivity contribution in [2.75, 3.05) is 18.0 Å². The molecular weight excluding hydrogens is 218 g/mol. The molecule has 0 aliphatic rings. The summed E-state index contributed by atoms with van der Waals surface area (Å²) in [5.41, 5.74) is 5.62. The fourth-order valence-electron chi connectivity index (χ4n) is 1.54. The Balaban J connectivity index is 2.58. The van der Waals surface area contributed by atoms with E-state index in [1.54, 1.807) is 11.3 Å². The lowest BCUT2D eigenvalue weighted by Gasteiger charge is -2.21. The Morgan fingerprint density at radius 3 is 2.31 bits per heavy atom. The molecule has 0 radical (unpaired) electrons. The Bertz CT molecular complexity index is 278. The van der Waals surface area contributed by atoms with Crippen molar-refractivity contribution in [2.24, 2.45) is 5.73 Å². The van der Waals surface area contributed by atoms with Crippen LogP contribution < -0.4 is 10.6 Å². The molecule has 0 atom stereocenters. The van der Waals surface area contributed by atoms with Crippen LogP contribution in [0.15, 0.2) is 6.20 Å². The predicted molar refractivity (Wildman–Crippen MR) is 72.0 cm³/mol. The molecule has 0 aromatic carbocycles. The van der Waals surface area contributed by atoms with Gasteiger partial charge in [0.25, 0.3) is 0 Å². The third-order valence-corrected chi connectivity index (χ3v) is 3.66. The lowest BCUT2D eigenvalue weighted by atomic mass is 10.3. The molecule has 0 saturated heterocycles. The van der Waals surface area contributed by atoms with E-state index in [0.29, 0.717) is 6.54 Å². The van der Waals surface area contributed by atoms with Crippen LogP contribution in [0.3, 0.4) is 0 Å². The number of unbranched alkanes of at least 4 members (excludes halogenated alkanes) is 2. The second-order valence-corrected chi connectivity index (χ2v) is 5.10. The molecule has 1 aromatic rings. The van der Waals surface area contributed by atoms with Crippen LogP contribution in [0.25, 0.3) is 0 Å². The summed E-state index contributed by atoms with van der Waals surface area (Å²) in [6.45, 7) is 7.30. The summed E-state index contributed by atoms with van der Waals surface area (Å²) in [4.78, 5) is 8.03. The van der Waals surface area contributed by atoms with Crippen molar-refractivity contribution in [1.29, 1.82) is 0 Å². The van der Waals surface area contributed by atoms with Crippen LogP contribution in [-0.4, -0.2) is 18.1 Å². The van der Waals surface area contributed by atoms with Gasteiger partial charge < -0.3 is 10.6 Å². The minimum atomic E-state index is 0.604. The van der Waals surface area contributed by atoms with Crippen molar-refractivity contribution in [3.8, 4) is 0 Å². The van der Waals surface area contributed by atoms with Crippen molar-refractivity contribution >= 4 is 16.5 Å². The third kappa shape index (κ3) is 4.10. The normalized spacial score (nSPS) is 10.7. The Morgan fingerprint density at radius 1 is 1.25 bits per heavy atom. The van der Waals surface area contributed by atoms with Crippen molar-refractivity contribution in [1.82, 2.24) is 4.98 Å². The van der Waals surface area contributed by atoms with Crippen molar-refractivity contribution in [3.63, 3.8) is 0 Å². The highest BCUT2D eigenvalue weighted by Crippen LogP contribution is 2.22. The maximum Gasteiger partial charge on any atom is 0.185 e. The van der Waals surface area contributed by atoms with Gasteiger partial charge >= 0.3 is 0 Å². The third-order valence-electron chi connectivity index (χ3n) is 2.58. The second kappa shape index (κ2) is 7.63. The van der Waals surface area contributed by atoms with Gasteiger partial charge in [-0.1, -0.05) is 26.7 Å². The van der Waals surface area contributed by atoms with E-state index in [2.05, 4.69) is 23.7 Å². The van der Waals surface area contributed by atoms with Gasteiger partial charge in [-0.05, 0) is 12.8 Å². The predicted octanol–water partition coefficient (Wildman–Crippen LogP) is 3.01. The first-order chi connectivity index (χ1) is 7.81. The fourth-order valence-corrected chi connectivity index (χ4v) is 2.38. The fraction of sp³-hybridized carbons (Fsp3) is 0.750. The highest BCUT2D eigenvalue weighted by Gasteiger charge is 2.09. The van der Waals surface area contributed by atoms with E-state index in [-0.39, 0.29) is 0 Å². The molecule has 2 N–H and O–H groups in total. The zero-order valence-corrected chi connectivity index (χ0v) is 11.2. The van der Waals surface area contributed by atoms with Gasteiger partial charge in [0.2, 0.25) is 0 Å². The maximum atomic E-state index is 5.62. The van der Waals surface area contributed by atoms with Gasteiger partial charge in [0.05, 0.1) is 0 Å². The minimum Gasteiger partial charge on any atom is -0.348 e. The van der Waals surface area contributed by atoms with Crippen LogP contribution in [0.4, 0.5) is 5.13 Å². The number of hydrogen-bond donors (Lipinski definition) is 1. The van der Waals surface area contributed by atoms with E-state index in [4.69, 9.17) is 5.73 Å². The smallest absolute Gasteiger partial charge is 0.185 e. The highest BCUT2D eigenvalue weighted by atomic mass is 32.1. The molecule has 1 aromatic heterocycles. The average molecular weight is 241 g/mol. The van der Waals surface area contributed by atoms with Crippen LogP contribution in [0.5, 0.6) is 0 Å². The molecule has 0 aliphatic carbocycles. The minimum absolute atomic E-state index is 0.604. The van der Waals surface area contributed by atoms with Gasteiger partial charge in [0.1, 0.15) is 0 Å². The Hall–Kier alpha value is -0.610. The number of anilines is 1. The number of nitrogens with zero attached hydrogens (tertiary/aromatic N) is 2. The summed E-state index contributed by atoms with van der Waals surface area (Å²) in [6, 6.07) is 0. The van der Waals surface area contributed by atoms with E-state index in [0.717, 1.165) is 18.2 Å². The Labute approximate surface area is 103 Å². The summed E-state index contributed by atoms with van der Waals surface area (Å²) in [5, 5.41) is 1.14. The molecule has 0 spiro atoms. The van der Waals surface area contributed by atoms with Crippen LogP contribution >= 0.6 is 11.3 Å². The number of thiazole rings is 1. The first-order valence-electron chi connectivity index (χ1n) is 6.21. The maximum absolute atomic E-state index is 5.62. The lowest BCUT2D eigenvalue weighted by Crippen LogP contribution is -2.25. The molecule has 0 fully saturated rings. The zero-order valence-electron chi connectivity index (χ0n) is 10.4. The van der Waals surface area contributed by atoms with E-state index in [9.17, 15) is 0 Å². The van der Waals surface area contributed by atoms with Gasteiger partial charge in [0.15, 0.2) is 5.13 Å². The van der Waals surface area contributed by atoms with E-state index in [1.807, 2.05) is 6.20 Å². The van der Waals surface area contributed by atoms with Crippen molar-refractivity contribution in [2.45, 2.75) is 46.1 Å². The SMILES string of the molecule is CCCCN(CCCC)c1ncc(CN)s1. The van der Waals surface area contributed by atoms with Gasteiger partial charge in [-0.25, -0.2) is 4.98 Å². The van der Waals surface area contributed by atoms with Crippen LogP contribution in [0.2, 0.25) is 0 Å². The van der Waals surface area contributed by atoms with Crippen molar-refractivity contribution < 1.29 is 0 Å². The summed E-state index contributed by atoms with van der Waals surface area (Å²) in [6.07, 6.45) is 6.85. The van der Waals surface area contributed by atoms with Gasteiger partial charge in [-0.15, -0.1) is 11.3 Å². The number of aromatic nitrogens is 1. The summed E-state index contributed by atoms with van der Waals surface area (Å²) < 4.78 is 0. The lowest BCUT2D eigenvalue weighted by molar-refractivity contribution is 0.676. The monoisotopic (exact) mass is 241 g/mol. The average Bonchev–Trinajstić information content (AvgIpc) is 2.78. The molecule has 0 saturated carbocycles. The van der Waals surface area contributed by atoms with Gasteiger partial charge in [0, 0.05) is 30.7 Å². The number of nitrogens with two attached hydrogens (primary N) is 1. The second-order valence-electron chi connectivity index (χ2n) is 4.01. The van der Waals surface area contributed by atoms with E-state index >= 15 is 0 Å². The molecule has 4 heteroatoms. The molecule has 0 unspecified atom stereocenters. The molecular formula is C12H23N3S. The Kier molecular flexibility index (Phi) is 6.42. The molecule has 3 nitrogen and oxygen atoms in total.